The van der Waals surface area contributed by atoms with Gasteiger partial charge in [0.25, 0.3) is 0 Å². The predicted octanol–water partition coefficient (Wildman–Crippen LogP) is 8.76. The fraction of sp³-hybridized carbons (Fsp3) is 0. The summed E-state index contributed by atoms with van der Waals surface area (Å²) < 4.78 is 5.99. The van der Waals surface area contributed by atoms with Crippen LogP contribution in [0.15, 0.2) is 109 Å². The Morgan fingerprint density at radius 3 is 1.56 bits per heavy atom. The number of hydrogen-bond acceptors (Lipinski definition) is 1. The van der Waals surface area contributed by atoms with Crippen LogP contribution in [-0.2, 0) is 0 Å². The van der Waals surface area contributed by atoms with Gasteiger partial charge in [-0.3, -0.25) is 0 Å². The van der Waals surface area contributed by atoms with Crippen molar-refractivity contribution in [2.75, 3.05) is 0 Å². The highest BCUT2D eigenvalue weighted by Gasteiger charge is 2.27. The maximum Gasteiger partial charge on any atom is 0.237 e. The number of aromatic nitrogens is 2. The van der Waals surface area contributed by atoms with Crippen molar-refractivity contribution in [2.45, 2.75) is 0 Å². The minimum absolute atomic E-state index is 1.29. The maximum absolute atomic E-state index is 2.39. The molecule has 11 aromatic rings. The van der Waals surface area contributed by atoms with Gasteiger partial charge in [-0.1, -0.05) is 48.5 Å². The molecule has 6 aromatic carbocycles. The van der Waals surface area contributed by atoms with Crippen LogP contribution in [0.4, 0.5) is 0 Å². The Kier molecular flexibility index (Phi) is 3.07. The summed E-state index contributed by atoms with van der Waals surface area (Å²) in [4.78, 5) is 0. The lowest BCUT2D eigenvalue weighted by atomic mass is 9.82. The largest absolute Gasteiger partial charge is 0.237 e. The van der Waals surface area contributed by atoms with Crippen molar-refractivity contribution < 1.29 is 8.80 Å². The molecule has 2 nitrogen and oxygen atoms in total. The van der Waals surface area contributed by atoms with Gasteiger partial charge in [-0.25, -0.2) is 0 Å². The van der Waals surface area contributed by atoms with Crippen molar-refractivity contribution in [3.63, 3.8) is 0 Å². The molecule has 0 N–H and O–H groups in total. The van der Waals surface area contributed by atoms with Crippen molar-refractivity contribution in [2.24, 2.45) is 0 Å². The molecule has 0 bridgehead atoms. The Labute approximate surface area is 225 Å². The van der Waals surface area contributed by atoms with Gasteiger partial charge >= 0.3 is 0 Å². The second-order valence-corrected chi connectivity index (χ2v) is 11.9. The second kappa shape index (κ2) is 6.23. The summed E-state index contributed by atoms with van der Waals surface area (Å²) in [5.74, 6) is 0. The summed E-state index contributed by atoms with van der Waals surface area (Å²) in [6.45, 7) is 0. The molecule has 0 aliphatic rings. The minimum Gasteiger partial charge on any atom is -0.166 e. The van der Waals surface area contributed by atoms with Crippen molar-refractivity contribution in [1.29, 1.82) is 0 Å². The van der Waals surface area contributed by atoms with Gasteiger partial charge in [-0.05, 0) is 54.5 Å². The Bertz CT molecular complexity index is 2810. The van der Waals surface area contributed by atoms with Crippen molar-refractivity contribution in [1.82, 2.24) is 0 Å². The minimum atomic E-state index is 1.29. The first-order valence-corrected chi connectivity index (χ1v) is 14.3. The summed E-state index contributed by atoms with van der Waals surface area (Å²) in [5.41, 5.74) is 2.64. The van der Waals surface area contributed by atoms with Gasteiger partial charge in [0, 0.05) is 45.8 Å². The molecule has 0 aliphatic heterocycles. The molecule has 5 heterocycles. The molecule has 176 valence electrons. The van der Waals surface area contributed by atoms with E-state index in [9.17, 15) is 0 Å². The number of rotatable bonds is 0. The summed E-state index contributed by atoms with van der Waals surface area (Å²) >= 11 is 1.84. The SMILES string of the molecule is c1cc2cc[n+]3ccc4ccc5c6ccc7cc[n+]8ccc9ccc%10ccc(c5c4c3c2s1)c1c%10c9c8c7c61. The normalized spacial score (nSPS) is 13.1. The van der Waals surface area contributed by atoms with E-state index in [1.54, 1.807) is 0 Å². The summed E-state index contributed by atoms with van der Waals surface area (Å²) in [7, 11) is 0. The highest BCUT2D eigenvalue weighted by Crippen LogP contribution is 2.50. The van der Waals surface area contributed by atoms with Gasteiger partial charge in [-0.15, -0.1) is 11.3 Å². The van der Waals surface area contributed by atoms with E-state index in [-0.39, 0.29) is 0 Å². The molecule has 0 atom stereocenters. The summed E-state index contributed by atoms with van der Waals surface area (Å²) in [5, 5.41) is 22.5. The fourth-order valence-electron chi connectivity index (χ4n) is 7.74. The molecule has 0 saturated heterocycles. The second-order valence-electron chi connectivity index (χ2n) is 11.0. The molecule has 0 radical (unpaired) electrons. The van der Waals surface area contributed by atoms with Crippen LogP contribution < -0.4 is 8.80 Å². The molecule has 11 rings (SSSR count). The van der Waals surface area contributed by atoms with Crippen LogP contribution in [0.5, 0.6) is 0 Å². The fourth-order valence-corrected chi connectivity index (χ4v) is 8.68. The maximum atomic E-state index is 2.39. The number of fused-ring (bicyclic) bond motifs is 9. The van der Waals surface area contributed by atoms with Crippen LogP contribution >= 0.6 is 11.3 Å². The first kappa shape index (κ1) is 19.2. The third-order valence-corrected chi connectivity index (χ3v) is 10.2. The molecule has 0 saturated carbocycles. The standard InChI is InChI=1S/C36H18N2S/c1-2-20-9-14-37-15-10-22-4-7-25-24-6-3-21-11-16-38-17-12-23-13-18-39-36(23)35(38)29(21)31(24)26-8-5-19(1)27-28(20)34(37)30(22)32(25)33(26)27/h1-18H/q+2. The molecule has 0 fully saturated rings. The molecule has 0 amide bonds. The molecule has 0 aliphatic carbocycles. The molecule has 0 unspecified atom stereocenters. The molecule has 39 heavy (non-hydrogen) atoms. The topological polar surface area (TPSA) is 8.20 Å². The average Bonchev–Trinajstić information content (AvgIpc) is 3.48. The molecular weight excluding hydrogens is 492 g/mol. The van der Waals surface area contributed by atoms with E-state index in [2.05, 4.69) is 118 Å². The van der Waals surface area contributed by atoms with E-state index >= 15 is 0 Å². The third kappa shape index (κ3) is 2.05. The van der Waals surface area contributed by atoms with E-state index in [1.165, 1.54) is 96.5 Å². The van der Waals surface area contributed by atoms with Crippen LogP contribution in [0.2, 0.25) is 0 Å². The van der Waals surface area contributed by atoms with Crippen LogP contribution in [0.3, 0.4) is 0 Å². The first-order chi connectivity index (χ1) is 19.3. The zero-order chi connectivity index (χ0) is 25.0. The summed E-state index contributed by atoms with van der Waals surface area (Å²) in [6.07, 6.45) is 8.87. The average molecular weight is 511 g/mol. The van der Waals surface area contributed by atoms with Gasteiger partial charge in [0.15, 0.2) is 24.8 Å². The van der Waals surface area contributed by atoms with Gasteiger partial charge in [0.1, 0.15) is 4.70 Å². The van der Waals surface area contributed by atoms with Gasteiger partial charge < -0.3 is 0 Å². The quantitative estimate of drug-likeness (QED) is 0.109. The molecule has 3 heteroatoms. The molecule has 5 aromatic heterocycles. The predicted molar refractivity (Wildman–Crippen MR) is 164 cm³/mol. The number of nitrogens with zero attached hydrogens (tertiary/aromatic N) is 2. The van der Waals surface area contributed by atoms with Crippen molar-refractivity contribution in [3.8, 4) is 0 Å². The van der Waals surface area contributed by atoms with Gasteiger partial charge in [-0.2, -0.15) is 8.80 Å². The Balaban J connectivity index is 1.58. The van der Waals surface area contributed by atoms with E-state index in [4.69, 9.17) is 0 Å². The number of thiophene rings is 1. The van der Waals surface area contributed by atoms with Crippen LogP contribution in [0.25, 0.3) is 96.5 Å². The molecular formula is C36H18N2S+2. The highest BCUT2D eigenvalue weighted by atomic mass is 32.1. The Morgan fingerprint density at radius 1 is 0.359 bits per heavy atom. The van der Waals surface area contributed by atoms with Crippen LogP contribution in [-0.4, -0.2) is 0 Å². The lowest BCUT2D eigenvalue weighted by Crippen LogP contribution is -2.21. The highest BCUT2D eigenvalue weighted by molar-refractivity contribution is 7.18. The third-order valence-electron chi connectivity index (χ3n) is 9.30. The monoisotopic (exact) mass is 510 g/mol. The van der Waals surface area contributed by atoms with E-state index in [1.807, 2.05) is 11.3 Å². The smallest absolute Gasteiger partial charge is 0.166 e. The Morgan fingerprint density at radius 2 is 0.846 bits per heavy atom. The zero-order valence-electron chi connectivity index (χ0n) is 20.7. The first-order valence-electron chi connectivity index (χ1n) is 13.4. The van der Waals surface area contributed by atoms with Crippen molar-refractivity contribution in [3.05, 3.63) is 109 Å². The lowest BCUT2D eigenvalue weighted by molar-refractivity contribution is -0.509. The summed E-state index contributed by atoms with van der Waals surface area (Å²) in [6, 6.07) is 30.0. The van der Waals surface area contributed by atoms with Gasteiger partial charge in [0.2, 0.25) is 11.0 Å². The Hall–Kier alpha value is -4.86. The van der Waals surface area contributed by atoms with E-state index < -0.39 is 0 Å². The van der Waals surface area contributed by atoms with Crippen molar-refractivity contribution >= 4 is 108 Å². The zero-order valence-corrected chi connectivity index (χ0v) is 21.5. The lowest BCUT2D eigenvalue weighted by Gasteiger charge is -2.20. The van der Waals surface area contributed by atoms with Crippen LogP contribution in [0.1, 0.15) is 0 Å². The van der Waals surface area contributed by atoms with Crippen LogP contribution in [0, 0.1) is 0 Å². The van der Waals surface area contributed by atoms with E-state index in [0.29, 0.717) is 0 Å². The number of hydrogen-bond donors (Lipinski definition) is 0. The number of pyridine rings is 4. The van der Waals surface area contributed by atoms with Gasteiger partial charge in [0.05, 0.1) is 16.2 Å². The van der Waals surface area contributed by atoms with E-state index in [0.717, 1.165) is 0 Å². The molecule has 0 spiro atoms. The number of benzene rings is 6.